The zero-order valence-electron chi connectivity index (χ0n) is 13.0. The number of aromatic nitrogens is 4. The Bertz CT molecular complexity index is 563. The highest BCUT2D eigenvalue weighted by molar-refractivity contribution is 5.38. The van der Waals surface area contributed by atoms with E-state index < -0.39 is 0 Å². The second kappa shape index (κ2) is 5.56. The van der Waals surface area contributed by atoms with Gasteiger partial charge in [-0.1, -0.05) is 0 Å². The summed E-state index contributed by atoms with van der Waals surface area (Å²) < 4.78 is 3.78. The highest BCUT2D eigenvalue weighted by atomic mass is 15.4. The highest BCUT2D eigenvalue weighted by Crippen LogP contribution is 2.23. The van der Waals surface area contributed by atoms with E-state index in [4.69, 9.17) is 0 Å². The molecule has 0 fully saturated rings. The van der Waals surface area contributed by atoms with Crippen LogP contribution in [0.4, 0.5) is 11.6 Å². The fourth-order valence-electron chi connectivity index (χ4n) is 1.77. The van der Waals surface area contributed by atoms with E-state index in [0.29, 0.717) is 23.7 Å². The van der Waals surface area contributed by atoms with Gasteiger partial charge in [-0.3, -0.25) is 9.36 Å². The van der Waals surface area contributed by atoms with Crippen molar-refractivity contribution in [2.24, 2.45) is 10.2 Å². The van der Waals surface area contributed by atoms with E-state index in [2.05, 4.69) is 48.1 Å². The lowest BCUT2D eigenvalue weighted by Gasteiger charge is -2.02. The normalized spacial score (nSPS) is 12.2. The first-order valence-corrected chi connectivity index (χ1v) is 6.91. The molecule has 0 aliphatic rings. The Morgan fingerprint density at radius 2 is 1.15 bits per heavy atom. The Morgan fingerprint density at radius 3 is 1.40 bits per heavy atom. The summed E-state index contributed by atoms with van der Waals surface area (Å²) in [5.74, 6) is 1.30. The van der Waals surface area contributed by atoms with Gasteiger partial charge in [-0.25, -0.2) is 0 Å². The lowest BCUT2D eigenvalue weighted by Crippen LogP contribution is -2.00. The van der Waals surface area contributed by atoms with Crippen LogP contribution in [0.3, 0.4) is 0 Å². The van der Waals surface area contributed by atoms with Gasteiger partial charge in [0.15, 0.2) is 11.6 Å². The number of rotatable bonds is 4. The van der Waals surface area contributed by atoms with Crippen molar-refractivity contribution < 1.29 is 0 Å². The maximum atomic E-state index is 4.42. The average Bonchev–Trinajstić information content (AvgIpc) is 2.91. The van der Waals surface area contributed by atoms with Gasteiger partial charge in [0, 0.05) is 35.6 Å². The van der Waals surface area contributed by atoms with Crippen molar-refractivity contribution in [3.8, 4) is 0 Å². The van der Waals surface area contributed by atoms with E-state index in [1.165, 1.54) is 0 Å². The Morgan fingerprint density at radius 1 is 0.800 bits per heavy atom. The molecule has 0 atom stereocenters. The first-order chi connectivity index (χ1) is 9.38. The monoisotopic (exact) mass is 274 g/mol. The van der Waals surface area contributed by atoms with E-state index >= 15 is 0 Å². The molecular formula is C14H22N6. The van der Waals surface area contributed by atoms with Crippen LogP contribution in [0.25, 0.3) is 0 Å². The quantitative estimate of drug-likeness (QED) is 0.781. The van der Waals surface area contributed by atoms with Gasteiger partial charge >= 0.3 is 0 Å². The van der Waals surface area contributed by atoms with E-state index in [-0.39, 0.29) is 0 Å². The number of azo groups is 1. The number of hydrogen-bond acceptors (Lipinski definition) is 4. The molecule has 0 aromatic carbocycles. The number of nitrogens with zero attached hydrogens (tertiary/aromatic N) is 6. The second-order valence-corrected chi connectivity index (χ2v) is 5.62. The third kappa shape index (κ3) is 2.95. The molecule has 0 radical (unpaired) electrons. The first kappa shape index (κ1) is 14.4. The van der Waals surface area contributed by atoms with Crippen LogP contribution in [-0.4, -0.2) is 19.6 Å². The maximum absolute atomic E-state index is 4.42. The van der Waals surface area contributed by atoms with Gasteiger partial charge in [0.05, 0.1) is 0 Å². The van der Waals surface area contributed by atoms with Gasteiger partial charge in [-0.15, -0.1) is 10.2 Å². The third-order valence-electron chi connectivity index (χ3n) is 3.08. The van der Waals surface area contributed by atoms with Crippen LogP contribution in [-0.2, 0) is 0 Å². The Kier molecular flexibility index (Phi) is 4.01. The smallest absolute Gasteiger partial charge is 0.198 e. The lowest BCUT2D eigenvalue weighted by molar-refractivity contribution is 0.531. The van der Waals surface area contributed by atoms with Crippen molar-refractivity contribution in [2.75, 3.05) is 0 Å². The summed E-state index contributed by atoms with van der Waals surface area (Å²) in [6.45, 7) is 12.3. The molecule has 0 saturated heterocycles. The summed E-state index contributed by atoms with van der Waals surface area (Å²) >= 11 is 0. The predicted molar refractivity (Wildman–Crippen MR) is 78.9 cm³/mol. The molecule has 2 aromatic rings. The topological polar surface area (TPSA) is 60.4 Å². The molecule has 0 spiro atoms. The largest absolute Gasteiger partial charge is 0.268 e. The van der Waals surface area contributed by atoms with Crippen molar-refractivity contribution in [3.63, 3.8) is 0 Å². The van der Waals surface area contributed by atoms with Crippen molar-refractivity contribution in [1.82, 2.24) is 19.6 Å². The van der Waals surface area contributed by atoms with Crippen LogP contribution >= 0.6 is 0 Å². The molecule has 0 N–H and O–H groups in total. The fourth-order valence-corrected chi connectivity index (χ4v) is 1.77. The molecule has 0 bridgehead atoms. The molecule has 0 saturated carbocycles. The van der Waals surface area contributed by atoms with E-state index in [9.17, 15) is 0 Å². The molecule has 2 aromatic heterocycles. The van der Waals surface area contributed by atoms with Gasteiger partial charge in [0.25, 0.3) is 0 Å². The molecule has 2 rings (SSSR count). The summed E-state index contributed by atoms with van der Waals surface area (Å²) in [6, 6.07) is 0.638. The van der Waals surface area contributed by atoms with Gasteiger partial charge in [0.1, 0.15) is 0 Å². The maximum Gasteiger partial charge on any atom is 0.198 e. The van der Waals surface area contributed by atoms with Crippen LogP contribution in [0.15, 0.2) is 22.6 Å². The molecule has 2 heterocycles. The van der Waals surface area contributed by atoms with Crippen molar-refractivity contribution >= 4 is 11.6 Å². The van der Waals surface area contributed by atoms with Crippen LogP contribution in [0.5, 0.6) is 0 Å². The minimum absolute atomic E-state index is 0.319. The van der Waals surface area contributed by atoms with Gasteiger partial charge in [-0.2, -0.15) is 10.2 Å². The summed E-state index contributed by atoms with van der Waals surface area (Å²) in [6.07, 6.45) is 3.97. The van der Waals surface area contributed by atoms with Crippen molar-refractivity contribution in [2.45, 2.75) is 53.6 Å². The minimum Gasteiger partial charge on any atom is -0.268 e. The molecule has 6 heteroatoms. The van der Waals surface area contributed by atoms with Gasteiger partial charge in [-0.05, 0) is 41.5 Å². The van der Waals surface area contributed by atoms with Gasteiger partial charge in [0.2, 0.25) is 0 Å². The molecule has 108 valence electrons. The zero-order valence-corrected chi connectivity index (χ0v) is 13.0. The predicted octanol–water partition coefficient (Wildman–Crippen LogP) is 4.27. The molecule has 0 unspecified atom stereocenters. The first-order valence-electron chi connectivity index (χ1n) is 6.91. The Labute approximate surface area is 119 Å². The molecule has 0 aliphatic heterocycles. The average molecular weight is 274 g/mol. The minimum atomic E-state index is 0.319. The Balaban J connectivity index is 2.25. The van der Waals surface area contributed by atoms with Crippen LogP contribution in [0.1, 0.15) is 50.9 Å². The van der Waals surface area contributed by atoms with E-state index in [1.807, 2.05) is 35.6 Å². The number of hydrogen-bond donors (Lipinski definition) is 0. The summed E-state index contributed by atoms with van der Waals surface area (Å²) in [5, 5.41) is 17.3. The lowest BCUT2D eigenvalue weighted by atomic mass is 10.3. The fraction of sp³-hybridized carbons (Fsp3) is 0.571. The molecular weight excluding hydrogens is 252 g/mol. The molecule has 20 heavy (non-hydrogen) atoms. The van der Waals surface area contributed by atoms with Crippen molar-refractivity contribution in [1.29, 1.82) is 0 Å². The van der Waals surface area contributed by atoms with Crippen LogP contribution < -0.4 is 0 Å². The molecule has 0 amide bonds. The van der Waals surface area contributed by atoms with Crippen LogP contribution in [0, 0.1) is 13.8 Å². The highest BCUT2D eigenvalue weighted by Gasteiger charge is 2.09. The van der Waals surface area contributed by atoms with E-state index in [0.717, 1.165) is 11.1 Å². The van der Waals surface area contributed by atoms with Gasteiger partial charge < -0.3 is 0 Å². The zero-order chi connectivity index (χ0) is 14.9. The summed E-state index contributed by atoms with van der Waals surface area (Å²) in [5.41, 5.74) is 2.03. The standard InChI is InChI=1S/C14H22N6/c1-9(2)19-7-11(5)13(17-19)15-16-14-12(6)8-20(18-14)10(3)4/h7-10H,1-6H3. The Hall–Kier alpha value is -1.98. The second-order valence-electron chi connectivity index (χ2n) is 5.62. The number of aryl methyl sites for hydroxylation is 2. The van der Waals surface area contributed by atoms with Crippen molar-refractivity contribution in [3.05, 3.63) is 23.5 Å². The third-order valence-corrected chi connectivity index (χ3v) is 3.08. The molecule has 0 aliphatic carbocycles. The van der Waals surface area contributed by atoms with Crippen LogP contribution in [0.2, 0.25) is 0 Å². The SMILES string of the molecule is Cc1cn(C(C)C)nc1N=Nc1nn(C(C)C)cc1C. The summed E-state index contributed by atoms with van der Waals surface area (Å²) in [7, 11) is 0. The summed E-state index contributed by atoms with van der Waals surface area (Å²) in [4.78, 5) is 0. The molecule has 6 nitrogen and oxygen atoms in total. The van der Waals surface area contributed by atoms with E-state index in [1.54, 1.807) is 0 Å².